The maximum atomic E-state index is 12.8. The first-order valence-electron chi connectivity index (χ1n) is 18.2. The van der Waals surface area contributed by atoms with E-state index in [1.807, 2.05) is 0 Å². The average Bonchev–Trinajstić information content (AvgIpc) is 3.58. The highest BCUT2D eigenvalue weighted by atomic mass is 16.7. The first kappa shape index (κ1) is 32.9. The summed E-state index contributed by atoms with van der Waals surface area (Å²) in [6.45, 7) is 5.01. The third-order valence-corrected chi connectivity index (χ3v) is 13.9. The average molecular weight is 642 g/mol. The van der Waals surface area contributed by atoms with Gasteiger partial charge in [0.05, 0.1) is 29.5 Å². The van der Waals surface area contributed by atoms with Crippen LogP contribution in [0.5, 0.6) is 0 Å². The van der Waals surface area contributed by atoms with Crippen molar-refractivity contribution in [1.82, 2.24) is 0 Å². The maximum Gasteiger partial charge on any atom is 0.331 e. The Morgan fingerprint density at radius 1 is 1.07 bits per heavy atom. The fraction of sp³-hybridized carbons (Fsp3) is 0.838. The summed E-state index contributed by atoms with van der Waals surface area (Å²) in [5.74, 6) is -0.0448. The number of cyclic esters (lactones) is 1. The summed E-state index contributed by atoms with van der Waals surface area (Å²) < 4.78 is 17.6. The second-order valence-electron chi connectivity index (χ2n) is 16.1. The Hall–Kier alpha value is -1.62. The number of nitrogens with zero attached hydrogens (tertiary/aromatic N) is 1. The molecule has 2 aliphatic heterocycles. The van der Waals surface area contributed by atoms with Crippen LogP contribution in [0, 0.1) is 28.6 Å². The maximum absolute atomic E-state index is 12.8. The third-order valence-electron chi connectivity index (χ3n) is 13.9. The first-order chi connectivity index (χ1) is 22.0. The van der Waals surface area contributed by atoms with E-state index in [0.717, 1.165) is 56.9 Å². The smallest absolute Gasteiger partial charge is 0.331 e. The van der Waals surface area contributed by atoms with Crippen LogP contribution in [0.1, 0.15) is 110 Å². The summed E-state index contributed by atoms with van der Waals surface area (Å²) in [5.41, 5.74) is -0.341. The molecular weight excluding hydrogens is 586 g/mol. The van der Waals surface area contributed by atoms with Crippen LogP contribution in [0.15, 0.2) is 28.3 Å². The van der Waals surface area contributed by atoms with Crippen LogP contribution in [0.2, 0.25) is 0 Å². The normalized spacial score (nSPS) is 49.1. The van der Waals surface area contributed by atoms with Crippen molar-refractivity contribution in [3.8, 4) is 0 Å². The molecule has 46 heavy (non-hydrogen) atoms. The van der Waals surface area contributed by atoms with E-state index in [9.17, 15) is 25.2 Å². The number of hydrogen-bond acceptors (Lipinski definition) is 9. The van der Waals surface area contributed by atoms with Gasteiger partial charge in [-0.3, -0.25) is 4.99 Å². The monoisotopic (exact) mass is 641 g/mol. The fourth-order valence-corrected chi connectivity index (χ4v) is 11.4. The van der Waals surface area contributed by atoms with Crippen LogP contribution >= 0.6 is 0 Å². The minimum atomic E-state index is -1.04. The van der Waals surface area contributed by atoms with Crippen LogP contribution in [-0.2, 0) is 19.0 Å². The topological polar surface area (TPSA) is 138 Å². The van der Waals surface area contributed by atoms with Gasteiger partial charge in [-0.25, -0.2) is 4.79 Å². The van der Waals surface area contributed by atoms with Gasteiger partial charge in [-0.2, -0.15) is 0 Å². The number of aliphatic hydroxyl groups is 4. The molecule has 0 aromatic rings. The Labute approximate surface area is 273 Å². The van der Waals surface area contributed by atoms with Crippen molar-refractivity contribution >= 4 is 12.2 Å². The van der Waals surface area contributed by atoms with Gasteiger partial charge in [-0.15, -0.1) is 0 Å². The minimum absolute atomic E-state index is 0.0271. The number of allylic oxidation sites excluding steroid dienone is 1. The van der Waals surface area contributed by atoms with E-state index >= 15 is 0 Å². The number of carbonyl (C=O) groups is 1. The number of esters is 1. The Morgan fingerprint density at radius 2 is 1.89 bits per heavy atom. The molecule has 12 atom stereocenters. The number of aliphatic imine (C=N–C) groups is 1. The highest BCUT2D eigenvalue weighted by molar-refractivity contribution is 5.85. The molecule has 5 aliphatic carbocycles. The Balaban J connectivity index is 1.15. The van der Waals surface area contributed by atoms with E-state index in [0.29, 0.717) is 38.8 Å². The number of carbonyl (C=O) groups excluding carboxylic acids is 1. The summed E-state index contributed by atoms with van der Waals surface area (Å²) in [5, 5.41) is 46.0. The summed E-state index contributed by atoms with van der Waals surface area (Å²) in [6, 6.07) is 0. The van der Waals surface area contributed by atoms with Gasteiger partial charge >= 0.3 is 5.97 Å². The van der Waals surface area contributed by atoms with Crippen molar-refractivity contribution in [3.05, 3.63) is 23.3 Å². The molecule has 9 nitrogen and oxygen atoms in total. The van der Waals surface area contributed by atoms with Crippen LogP contribution < -0.4 is 0 Å². The fourth-order valence-electron chi connectivity index (χ4n) is 11.4. The molecule has 9 heteroatoms. The number of rotatable bonds is 7. The zero-order valence-corrected chi connectivity index (χ0v) is 27.7. The van der Waals surface area contributed by atoms with Gasteiger partial charge in [0.15, 0.2) is 6.29 Å². The molecule has 4 N–H and O–H groups in total. The molecule has 4 unspecified atom stereocenters. The zero-order valence-electron chi connectivity index (χ0n) is 27.7. The zero-order chi connectivity index (χ0) is 32.3. The molecule has 7 aliphatic rings. The third kappa shape index (κ3) is 5.36. The summed E-state index contributed by atoms with van der Waals surface area (Å²) >= 11 is 0. The number of fused-ring (bicyclic) bond motifs is 5. The van der Waals surface area contributed by atoms with Crippen LogP contribution in [0.3, 0.4) is 0 Å². The lowest BCUT2D eigenvalue weighted by atomic mass is 9.41. The molecule has 1 saturated heterocycles. The Kier molecular flexibility index (Phi) is 8.84. The van der Waals surface area contributed by atoms with E-state index in [4.69, 9.17) is 19.2 Å². The van der Waals surface area contributed by atoms with E-state index in [-0.39, 0.29) is 41.7 Å². The number of ether oxygens (including phenoxy) is 3. The van der Waals surface area contributed by atoms with Crippen molar-refractivity contribution < 1.29 is 39.4 Å². The van der Waals surface area contributed by atoms with Gasteiger partial charge in [0.25, 0.3) is 0 Å². The van der Waals surface area contributed by atoms with Crippen molar-refractivity contribution in [3.63, 3.8) is 0 Å². The van der Waals surface area contributed by atoms with Crippen molar-refractivity contribution in [1.29, 1.82) is 0 Å². The number of aliphatic hydroxyl groups excluding tert-OH is 2. The second-order valence-corrected chi connectivity index (χ2v) is 16.1. The lowest BCUT2D eigenvalue weighted by molar-refractivity contribution is -0.282. The largest absolute Gasteiger partial charge is 0.458 e. The first-order valence-corrected chi connectivity index (χ1v) is 18.2. The lowest BCUT2D eigenvalue weighted by Gasteiger charge is -2.66. The van der Waals surface area contributed by atoms with Gasteiger partial charge in [0, 0.05) is 42.5 Å². The van der Waals surface area contributed by atoms with E-state index < -0.39 is 41.2 Å². The molecule has 5 fully saturated rings. The molecule has 0 bridgehead atoms. The van der Waals surface area contributed by atoms with Crippen LogP contribution in [-0.4, -0.2) is 87.7 Å². The van der Waals surface area contributed by atoms with Crippen LogP contribution in [0.25, 0.3) is 0 Å². The van der Waals surface area contributed by atoms with Crippen molar-refractivity contribution in [2.24, 2.45) is 33.6 Å². The highest BCUT2D eigenvalue weighted by Crippen LogP contribution is 2.70. The molecule has 0 amide bonds. The lowest BCUT2D eigenvalue weighted by Crippen LogP contribution is -2.69. The van der Waals surface area contributed by atoms with Crippen LogP contribution in [0.4, 0.5) is 0 Å². The second kappa shape index (κ2) is 12.4. The minimum Gasteiger partial charge on any atom is -0.458 e. The van der Waals surface area contributed by atoms with E-state index in [2.05, 4.69) is 19.2 Å². The molecule has 2 heterocycles. The van der Waals surface area contributed by atoms with Gasteiger partial charge in [-0.1, -0.05) is 18.6 Å². The highest BCUT2D eigenvalue weighted by Gasteiger charge is 2.71. The summed E-state index contributed by atoms with van der Waals surface area (Å²) in [7, 11) is 0. The van der Waals surface area contributed by atoms with Gasteiger partial charge in [0.1, 0.15) is 12.7 Å². The van der Waals surface area contributed by atoms with E-state index in [1.54, 1.807) is 13.0 Å². The number of hydrogen-bond donors (Lipinski definition) is 4. The standard InChI is InChI=1S/C37H55NO8/c1-23-33(41)30(39)19-32(45-23)46-26-8-14-35(22-38-17-12-24-6-4-3-5-7-24)28-9-13-34(2)27(25-18-31(40)44-21-25)11-16-37(34,43)29(28)10-15-36(35,42)20-26/h6,18,22-23,26-30,32-33,39,41-43H,3-5,7-17,19-21H2,1-2H3/t23?,26-,27-,28-,29+,30?,32?,33?,34+,35-,36-,37-/m0/s1. The molecule has 0 radical (unpaired) electrons. The van der Waals surface area contributed by atoms with Gasteiger partial charge < -0.3 is 34.6 Å². The van der Waals surface area contributed by atoms with Crippen molar-refractivity contribution in [2.75, 3.05) is 13.2 Å². The molecule has 256 valence electrons. The Bertz CT molecular complexity index is 1250. The SMILES string of the molecule is CC1OC(O[C@H]2CC[C@]3(C=NCCC4=CCCCC4)[C@H]4CC[C@]5(C)[C@H](C6=CC(=O)OC6)CC[C@]5(O)[C@@H]4CC[C@]3(O)C2)CC(O)C1O. The predicted molar refractivity (Wildman–Crippen MR) is 172 cm³/mol. The molecule has 7 rings (SSSR count). The molecule has 0 aromatic heterocycles. The molecular formula is C37H55NO8. The predicted octanol–water partition coefficient (Wildman–Crippen LogP) is 4.54. The Morgan fingerprint density at radius 3 is 2.63 bits per heavy atom. The molecule has 0 aromatic carbocycles. The van der Waals surface area contributed by atoms with Gasteiger partial charge in [0.2, 0.25) is 0 Å². The van der Waals surface area contributed by atoms with Gasteiger partial charge in [-0.05, 0) is 114 Å². The quantitative estimate of drug-likeness (QED) is 0.138. The molecule has 4 saturated carbocycles. The summed E-state index contributed by atoms with van der Waals surface area (Å²) in [6.07, 6.45) is 15.3. The van der Waals surface area contributed by atoms with Crippen molar-refractivity contribution in [2.45, 2.75) is 152 Å². The molecule has 0 spiro atoms. The van der Waals surface area contributed by atoms with E-state index in [1.165, 1.54) is 18.4 Å². The summed E-state index contributed by atoms with van der Waals surface area (Å²) in [4.78, 5) is 17.1.